The van der Waals surface area contributed by atoms with E-state index in [0.29, 0.717) is 35.7 Å². The van der Waals surface area contributed by atoms with Gasteiger partial charge in [0.05, 0.1) is 29.5 Å². The van der Waals surface area contributed by atoms with Crippen molar-refractivity contribution >= 4 is 17.5 Å². The molecule has 1 heterocycles. The van der Waals surface area contributed by atoms with E-state index in [9.17, 15) is 9.59 Å². The highest BCUT2D eigenvalue weighted by Crippen LogP contribution is 2.22. The lowest BCUT2D eigenvalue weighted by Crippen LogP contribution is -2.32. The highest BCUT2D eigenvalue weighted by atomic mass is 16.5. The van der Waals surface area contributed by atoms with Crippen molar-refractivity contribution in [3.8, 4) is 5.75 Å². The number of carbonyl (C=O) groups excluding carboxylic acids is 2. The summed E-state index contributed by atoms with van der Waals surface area (Å²) in [5.74, 6) is -0.0184. The number of hydrogen-bond acceptors (Lipinski definition) is 4. The molecule has 3 rings (SSSR count). The molecular weight excluding hydrogens is 356 g/mol. The lowest BCUT2D eigenvalue weighted by atomic mass is 10.1. The van der Waals surface area contributed by atoms with Crippen LogP contribution in [0.5, 0.6) is 5.75 Å². The molecule has 1 unspecified atom stereocenters. The molecule has 0 bridgehead atoms. The fourth-order valence-electron chi connectivity index (χ4n) is 3.08. The average Bonchev–Trinajstić information content (AvgIpc) is 3.24. The summed E-state index contributed by atoms with van der Waals surface area (Å²) in [4.78, 5) is 25.4. The van der Waals surface area contributed by atoms with Gasteiger partial charge in [-0.15, -0.1) is 0 Å². The van der Waals surface area contributed by atoms with Gasteiger partial charge in [-0.3, -0.25) is 9.59 Å². The lowest BCUT2D eigenvalue weighted by molar-refractivity contribution is 0.0858. The second kappa shape index (κ2) is 9.90. The Morgan fingerprint density at radius 3 is 2.57 bits per heavy atom. The molecular formula is C22H26N2O4. The van der Waals surface area contributed by atoms with Gasteiger partial charge in [0.25, 0.3) is 11.8 Å². The van der Waals surface area contributed by atoms with Gasteiger partial charge >= 0.3 is 0 Å². The monoisotopic (exact) mass is 382 g/mol. The van der Waals surface area contributed by atoms with Crippen LogP contribution in [0.3, 0.4) is 0 Å². The molecule has 6 heteroatoms. The first kappa shape index (κ1) is 19.9. The van der Waals surface area contributed by atoms with Crippen LogP contribution in [-0.4, -0.2) is 37.7 Å². The largest absolute Gasteiger partial charge is 0.493 e. The molecule has 1 atom stereocenters. The van der Waals surface area contributed by atoms with Crippen molar-refractivity contribution in [2.45, 2.75) is 32.3 Å². The van der Waals surface area contributed by atoms with E-state index in [-0.39, 0.29) is 17.9 Å². The summed E-state index contributed by atoms with van der Waals surface area (Å²) >= 11 is 0. The van der Waals surface area contributed by atoms with Gasteiger partial charge in [0.15, 0.2) is 0 Å². The van der Waals surface area contributed by atoms with Gasteiger partial charge in [-0.25, -0.2) is 0 Å². The van der Waals surface area contributed by atoms with Gasteiger partial charge in [-0.1, -0.05) is 31.2 Å². The molecule has 0 spiro atoms. The number of para-hydroxylation sites is 2. The van der Waals surface area contributed by atoms with Crippen LogP contribution in [0, 0.1) is 0 Å². The summed E-state index contributed by atoms with van der Waals surface area (Å²) in [5, 5.41) is 5.74. The third-order valence-corrected chi connectivity index (χ3v) is 4.53. The number of benzene rings is 2. The summed E-state index contributed by atoms with van der Waals surface area (Å²) in [7, 11) is 0. The van der Waals surface area contributed by atoms with Crippen LogP contribution in [0.2, 0.25) is 0 Å². The van der Waals surface area contributed by atoms with Gasteiger partial charge in [0.2, 0.25) is 0 Å². The van der Waals surface area contributed by atoms with Gasteiger partial charge < -0.3 is 20.1 Å². The van der Waals surface area contributed by atoms with Crippen LogP contribution in [0.25, 0.3) is 0 Å². The van der Waals surface area contributed by atoms with Crippen molar-refractivity contribution in [3.05, 3.63) is 59.7 Å². The zero-order valence-corrected chi connectivity index (χ0v) is 16.1. The van der Waals surface area contributed by atoms with E-state index in [1.165, 1.54) is 0 Å². The predicted octanol–water partition coefficient (Wildman–Crippen LogP) is 3.64. The minimum atomic E-state index is -0.314. The van der Waals surface area contributed by atoms with E-state index in [0.717, 1.165) is 25.9 Å². The summed E-state index contributed by atoms with van der Waals surface area (Å²) in [6.07, 6.45) is 2.89. The first-order chi connectivity index (χ1) is 13.7. The highest BCUT2D eigenvalue weighted by Gasteiger charge is 2.19. The Labute approximate surface area is 165 Å². The molecule has 148 valence electrons. The molecule has 0 saturated carbocycles. The second-order valence-electron chi connectivity index (χ2n) is 6.69. The molecule has 0 aliphatic carbocycles. The Balaban J connectivity index is 1.70. The number of ether oxygens (including phenoxy) is 2. The van der Waals surface area contributed by atoms with Crippen LogP contribution < -0.4 is 15.4 Å². The van der Waals surface area contributed by atoms with Crippen LogP contribution in [0.15, 0.2) is 48.5 Å². The van der Waals surface area contributed by atoms with E-state index < -0.39 is 0 Å². The minimum Gasteiger partial charge on any atom is -0.493 e. The summed E-state index contributed by atoms with van der Waals surface area (Å²) in [6.45, 7) is 3.75. The van der Waals surface area contributed by atoms with Crippen LogP contribution in [0.1, 0.15) is 46.9 Å². The maximum Gasteiger partial charge on any atom is 0.259 e. The fourth-order valence-corrected chi connectivity index (χ4v) is 3.08. The molecule has 28 heavy (non-hydrogen) atoms. The molecule has 1 saturated heterocycles. The first-order valence-electron chi connectivity index (χ1n) is 9.71. The molecule has 6 nitrogen and oxygen atoms in total. The lowest BCUT2D eigenvalue weighted by Gasteiger charge is -2.15. The molecule has 2 aromatic carbocycles. The van der Waals surface area contributed by atoms with E-state index in [1.54, 1.807) is 42.5 Å². The van der Waals surface area contributed by atoms with Crippen LogP contribution >= 0.6 is 0 Å². The van der Waals surface area contributed by atoms with Crippen molar-refractivity contribution in [3.63, 3.8) is 0 Å². The second-order valence-corrected chi connectivity index (χ2v) is 6.69. The normalized spacial score (nSPS) is 15.8. The Bertz CT molecular complexity index is 816. The van der Waals surface area contributed by atoms with E-state index in [1.807, 2.05) is 13.0 Å². The number of hydrogen-bond donors (Lipinski definition) is 2. The molecule has 2 aromatic rings. The van der Waals surface area contributed by atoms with Crippen molar-refractivity contribution in [1.29, 1.82) is 0 Å². The summed E-state index contributed by atoms with van der Waals surface area (Å²) in [5.41, 5.74) is 1.31. The van der Waals surface area contributed by atoms with Crippen molar-refractivity contribution in [2.75, 3.05) is 25.1 Å². The van der Waals surface area contributed by atoms with Gasteiger partial charge in [-0.2, -0.15) is 0 Å². The molecule has 2 N–H and O–H groups in total. The molecule has 1 aliphatic heterocycles. The van der Waals surface area contributed by atoms with Crippen molar-refractivity contribution < 1.29 is 19.1 Å². The fraction of sp³-hybridized carbons (Fsp3) is 0.364. The molecule has 0 aromatic heterocycles. The van der Waals surface area contributed by atoms with E-state index in [2.05, 4.69) is 10.6 Å². The van der Waals surface area contributed by atoms with E-state index >= 15 is 0 Å². The quantitative estimate of drug-likeness (QED) is 0.731. The third-order valence-electron chi connectivity index (χ3n) is 4.53. The number of carbonyl (C=O) groups is 2. The smallest absolute Gasteiger partial charge is 0.259 e. The van der Waals surface area contributed by atoms with Crippen molar-refractivity contribution in [2.24, 2.45) is 0 Å². The Kier molecular flexibility index (Phi) is 7.03. The van der Waals surface area contributed by atoms with Gasteiger partial charge in [0, 0.05) is 13.2 Å². The van der Waals surface area contributed by atoms with Crippen LogP contribution in [0.4, 0.5) is 5.69 Å². The number of rotatable bonds is 8. The SMILES string of the molecule is CCCOc1ccccc1C(=O)Nc1ccccc1C(=O)NCC1CCCO1. The molecule has 2 amide bonds. The highest BCUT2D eigenvalue weighted by molar-refractivity contribution is 6.10. The van der Waals surface area contributed by atoms with E-state index in [4.69, 9.17) is 9.47 Å². The minimum absolute atomic E-state index is 0.0632. The maximum absolute atomic E-state index is 12.8. The zero-order chi connectivity index (χ0) is 19.8. The number of nitrogens with one attached hydrogen (secondary N) is 2. The Hall–Kier alpha value is -2.86. The first-order valence-corrected chi connectivity index (χ1v) is 9.71. The Morgan fingerprint density at radius 1 is 1.07 bits per heavy atom. The zero-order valence-electron chi connectivity index (χ0n) is 16.1. The molecule has 0 radical (unpaired) electrons. The Morgan fingerprint density at radius 2 is 1.82 bits per heavy atom. The van der Waals surface area contributed by atoms with Gasteiger partial charge in [-0.05, 0) is 43.5 Å². The van der Waals surface area contributed by atoms with Gasteiger partial charge in [0.1, 0.15) is 5.75 Å². The number of amides is 2. The topological polar surface area (TPSA) is 76.7 Å². The summed E-state index contributed by atoms with van der Waals surface area (Å²) in [6, 6.07) is 14.1. The maximum atomic E-state index is 12.8. The number of anilines is 1. The summed E-state index contributed by atoms with van der Waals surface area (Å²) < 4.78 is 11.2. The van der Waals surface area contributed by atoms with Crippen LogP contribution in [-0.2, 0) is 4.74 Å². The standard InChI is InChI=1S/C22H26N2O4/c1-2-13-28-20-12-6-4-10-18(20)22(26)24-19-11-5-3-9-17(19)21(25)23-15-16-8-7-14-27-16/h3-6,9-12,16H,2,7-8,13-15H2,1H3,(H,23,25)(H,24,26). The molecule has 1 aliphatic rings. The average molecular weight is 382 g/mol. The molecule has 1 fully saturated rings. The van der Waals surface area contributed by atoms with Crippen molar-refractivity contribution in [1.82, 2.24) is 5.32 Å². The third kappa shape index (κ3) is 5.10. The predicted molar refractivity (Wildman–Crippen MR) is 108 cm³/mol.